The SMILES string of the molecule is CCNC(c1c(F)ccc(C)c1F)C1C2CCCC21. The fraction of sp³-hybridized carbons (Fsp3) is 0.625. The molecule has 3 atom stereocenters. The van der Waals surface area contributed by atoms with Gasteiger partial charge in [-0.05, 0) is 55.7 Å². The van der Waals surface area contributed by atoms with Crippen LogP contribution in [0.15, 0.2) is 12.1 Å². The highest BCUT2D eigenvalue weighted by Gasteiger charge is 2.56. The number of hydrogen-bond acceptors (Lipinski definition) is 1. The Labute approximate surface area is 113 Å². The first kappa shape index (κ1) is 13.0. The first-order valence-corrected chi connectivity index (χ1v) is 7.33. The lowest BCUT2D eigenvalue weighted by Gasteiger charge is -2.22. The quantitative estimate of drug-likeness (QED) is 0.868. The molecule has 0 saturated heterocycles. The van der Waals surface area contributed by atoms with Gasteiger partial charge in [0.05, 0.1) is 0 Å². The second kappa shape index (κ2) is 4.86. The van der Waals surface area contributed by atoms with Crippen molar-refractivity contribution < 1.29 is 8.78 Å². The van der Waals surface area contributed by atoms with Crippen molar-refractivity contribution >= 4 is 0 Å². The first-order valence-electron chi connectivity index (χ1n) is 7.33. The minimum absolute atomic E-state index is 0.153. The van der Waals surface area contributed by atoms with E-state index in [1.807, 2.05) is 6.92 Å². The van der Waals surface area contributed by atoms with Crippen LogP contribution in [0.4, 0.5) is 8.78 Å². The third-order valence-electron chi connectivity index (χ3n) is 4.91. The fourth-order valence-electron chi connectivity index (χ4n) is 3.99. The van der Waals surface area contributed by atoms with Crippen LogP contribution >= 0.6 is 0 Å². The molecule has 0 heterocycles. The summed E-state index contributed by atoms with van der Waals surface area (Å²) in [5, 5.41) is 3.32. The Balaban J connectivity index is 1.94. The lowest BCUT2D eigenvalue weighted by atomic mass is 9.94. The molecule has 0 aliphatic heterocycles. The van der Waals surface area contributed by atoms with Gasteiger partial charge in [0.15, 0.2) is 0 Å². The maximum atomic E-state index is 14.3. The molecule has 2 aliphatic carbocycles. The predicted octanol–water partition coefficient (Wildman–Crippen LogP) is 3.97. The molecule has 0 spiro atoms. The fourth-order valence-corrected chi connectivity index (χ4v) is 3.99. The third kappa shape index (κ3) is 2.08. The van der Waals surface area contributed by atoms with Crippen molar-refractivity contribution in [3.63, 3.8) is 0 Å². The molecule has 1 aromatic carbocycles. The van der Waals surface area contributed by atoms with E-state index < -0.39 is 5.82 Å². The molecule has 0 amide bonds. The summed E-state index contributed by atoms with van der Waals surface area (Å²) in [6.45, 7) is 4.44. The zero-order chi connectivity index (χ0) is 13.6. The average Bonchev–Trinajstić information content (AvgIpc) is 2.85. The summed E-state index contributed by atoms with van der Waals surface area (Å²) in [5.41, 5.74) is 0.798. The molecule has 1 N–H and O–H groups in total. The van der Waals surface area contributed by atoms with E-state index in [9.17, 15) is 8.78 Å². The Morgan fingerprint density at radius 2 is 1.95 bits per heavy atom. The van der Waals surface area contributed by atoms with E-state index in [2.05, 4.69) is 5.32 Å². The van der Waals surface area contributed by atoms with E-state index in [1.54, 1.807) is 6.92 Å². The highest BCUT2D eigenvalue weighted by atomic mass is 19.1. The van der Waals surface area contributed by atoms with Crippen LogP contribution < -0.4 is 5.32 Å². The highest BCUT2D eigenvalue weighted by Crippen LogP contribution is 2.62. The van der Waals surface area contributed by atoms with Gasteiger partial charge in [-0.3, -0.25) is 0 Å². The maximum Gasteiger partial charge on any atom is 0.133 e. The molecule has 2 fully saturated rings. The van der Waals surface area contributed by atoms with E-state index in [0.717, 1.165) is 6.54 Å². The van der Waals surface area contributed by atoms with Crippen molar-refractivity contribution in [1.29, 1.82) is 0 Å². The molecule has 0 aromatic heterocycles. The number of fused-ring (bicyclic) bond motifs is 1. The molecular formula is C16H21F2N. The van der Waals surface area contributed by atoms with Crippen molar-refractivity contribution in [1.82, 2.24) is 5.32 Å². The van der Waals surface area contributed by atoms with Gasteiger partial charge in [-0.15, -0.1) is 0 Å². The lowest BCUT2D eigenvalue weighted by molar-refractivity contribution is 0.393. The van der Waals surface area contributed by atoms with Crippen molar-refractivity contribution in [2.24, 2.45) is 17.8 Å². The molecule has 3 heteroatoms. The summed E-state index contributed by atoms with van der Waals surface area (Å²) in [5.74, 6) is 1.03. The number of rotatable bonds is 4. The van der Waals surface area contributed by atoms with E-state index in [-0.39, 0.29) is 17.4 Å². The molecule has 1 nitrogen and oxygen atoms in total. The zero-order valence-electron chi connectivity index (χ0n) is 11.5. The molecule has 19 heavy (non-hydrogen) atoms. The molecule has 2 aliphatic rings. The largest absolute Gasteiger partial charge is 0.310 e. The van der Waals surface area contributed by atoms with Crippen LogP contribution in [0.1, 0.15) is 43.4 Å². The van der Waals surface area contributed by atoms with Crippen LogP contribution in [-0.2, 0) is 0 Å². The van der Waals surface area contributed by atoms with Crippen molar-refractivity contribution in [2.75, 3.05) is 6.54 Å². The maximum absolute atomic E-state index is 14.3. The minimum Gasteiger partial charge on any atom is -0.310 e. The molecule has 3 rings (SSSR count). The van der Waals surface area contributed by atoms with Gasteiger partial charge in [-0.25, -0.2) is 8.78 Å². The highest BCUT2D eigenvalue weighted by molar-refractivity contribution is 5.31. The van der Waals surface area contributed by atoms with Crippen LogP contribution in [0.25, 0.3) is 0 Å². The van der Waals surface area contributed by atoms with Gasteiger partial charge in [0.1, 0.15) is 11.6 Å². The van der Waals surface area contributed by atoms with Gasteiger partial charge in [0.25, 0.3) is 0 Å². The normalized spacial score (nSPS) is 30.2. The molecule has 0 radical (unpaired) electrons. The van der Waals surface area contributed by atoms with Crippen LogP contribution in [0, 0.1) is 36.3 Å². The summed E-state index contributed by atoms with van der Waals surface area (Å²) < 4.78 is 28.4. The summed E-state index contributed by atoms with van der Waals surface area (Å²) >= 11 is 0. The van der Waals surface area contributed by atoms with Crippen LogP contribution in [0.5, 0.6) is 0 Å². The average molecular weight is 265 g/mol. The summed E-state index contributed by atoms with van der Waals surface area (Å²) in [7, 11) is 0. The van der Waals surface area contributed by atoms with E-state index in [0.29, 0.717) is 23.3 Å². The third-order valence-corrected chi connectivity index (χ3v) is 4.91. The number of halogens is 2. The predicted molar refractivity (Wildman–Crippen MR) is 71.8 cm³/mol. The van der Waals surface area contributed by atoms with Crippen LogP contribution in [0.2, 0.25) is 0 Å². The molecule has 104 valence electrons. The first-order chi connectivity index (χ1) is 9.15. The number of aryl methyl sites for hydroxylation is 1. The van der Waals surface area contributed by atoms with Gasteiger partial charge in [0.2, 0.25) is 0 Å². The van der Waals surface area contributed by atoms with Crippen LogP contribution in [0.3, 0.4) is 0 Å². The summed E-state index contributed by atoms with van der Waals surface area (Å²) in [6.07, 6.45) is 3.74. The second-order valence-corrected chi connectivity index (χ2v) is 5.96. The topological polar surface area (TPSA) is 12.0 Å². The van der Waals surface area contributed by atoms with E-state index >= 15 is 0 Å². The Kier molecular flexibility index (Phi) is 3.34. The molecule has 3 unspecified atom stereocenters. The van der Waals surface area contributed by atoms with Gasteiger partial charge in [-0.2, -0.15) is 0 Å². The van der Waals surface area contributed by atoms with Gasteiger partial charge < -0.3 is 5.32 Å². The lowest BCUT2D eigenvalue weighted by Crippen LogP contribution is -2.26. The monoisotopic (exact) mass is 265 g/mol. The Hall–Kier alpha value is -0.960. The summed E-state index contributed by atoms with van der Waals surface area (Å²) in [6, 6.07) is 2.77. The number of benzene rings is 1. The molecular weight excluding hydrogens is 244 g/mol. The molecule has 1 aromatic rings. The Morgan fingerprint density at radius 1 is 1.26 bits per heavy atom. The van der Waals surface area contributed by atoms with Gasteiger partial charge in [0, 0.05) is 11.6 Å². The van der Waals surface area contributed by atoms with Gasteiger partial charge in [-0.1, -0.05) is 19.4 Å². The van der Waals surface area contributed by atoms with Crippen LogP contribution in [-0.4, -0.2) is 6.54 Å². The second-order valence-electron chi connectivity index (χ2n) is 5.96. The Morgan fingerprint density at radius 3 is 2.58 bits per heavy atom. The van der Waals surface area contributed by atoms with E-state index in [1.165, 1.54) is 31.4 Å². The standard InChI is InChI=1S/C16H21F2N/c1-3-19-16(13-10-5-4-6-11(10)13)14-12(17)8-7-9(2)15(14)18/h7-8,10-11,13,16,19H,3-6H2,1-2H3. The molecule has 2 saturated carbocycles. The minimum atomic E-state index is -0.404. The number of nitrogens with one attached hydrogen (secondary N) is 1. The zero-order valence-corrected chi connectivity index (χ0v) is 11.5. The van der Waals surface area contributed by atoms with Crippen molar-refractivity contribution in [3.8, 4) is 0 Å². The number of hydrogen-bond donors (Lipinski definition) is 1. The summed E-state index contributed by atoms with van der Waals surface area (Å²) in [4.78, 5) is 0. The smallest absolute Gasteiger partial charge is 0.133 e. The molecule has 0 bridgehead atoms. The van der Waals surface area contributed by atoms with Crippen molar-refractivity contribution in [3.05, 3.63) is 34.9 Å². The van der Waals surface area contributed by atoms with Crippen molar-refractivity contribution in [2.45, 2.75) is 39.2 Å². The van der Waals surface area contributed by atoms with Gasteiger partial charge >= 0.3 is 0 Å². The Bertz CT molecular complexity index is 476. The van der Waals surface area contributed by atoms with E-state index in [4.69, 9.17) is 0 Å².